The van der Waals surface area contributed by atoms with Gasteiger partial charge in [0, 0.05) is 0 Å². The molecule has 19 heavy (non-hydrogen) atoms. The van der Waals surface area contributed by atoms with Crippen LogP contribution in [-0.4, -0.2) is 11.0 Å². The summed E-state index contributed by atoms with van der Waals surface area (Å²) < 4.78 is 0. The molecule has 0 spiro atoms. The predicted molar refractivity (Wildman–Crippen MR) is 74.8 cm³/mol. The largest absolute Gasteiger partial charge is 0.508 e. The van der Waals surface area contributed by atoms with Crippen LogP contribution in [0.25, 0.3) is 0 Å². The van der Waals surface area contributed by atoms with Crippen molar-refractivity contribution in [3.8, 4) is 5.75 Å². The molecule has 3 nitrogen and oxygen atoms in total. The Hall–Kier alpha value is -2.29. The van der Waals surface area contributed by atoms with Gasteiger partial charge in [-0.1, -0.05) is 42.5 Å². The van der Waals surface area contributed by atoms with Crippen molar-refractivity contribution in [1.29, 1.82) is 0 Å². The van der Waals surface area contributed by atoms with E-state index in [2.05, 4.69) is 5.32 Å². The van der Waals surface area contributed by atoms with Gasteiger partial charge in [0.15, 0.2) is 0 Å². The third-order valence-electron chi connectivity index (χ3n) is 2.98. The van der Waals surface area contributed by atoms with E-state index in [0.29, 0.717) is 6.42 Å². The second-order valence-corrected chi connectivity index (χ2v) is 4.54. The number of amides is 1. The van der Waals surface area contributed by atoms with Gasteiger partial charge in [-0.25, -0.2) is 0 Å². The van der Waals surface area contributed by atoms with E-state index in [4.69, 9.17) is 0 Å². The number of benzene rings is 2. The maximum absolute atomic E-state index is 11.9. The van der Waals surface area contributed by atoms with E-state index in [9.17, 15) is 9.90 Å². The topological polar surface area (TPSA) is 49.3 Å². The molecule has 2 N–H and O–H groups in total. The molecule has 0 radical (unpaired) electrons. The van der Waals surface area contributed by atoms with Crippen LogP contribution in [-0.2, 0) is 11.2 Å². The first-order valence-corrected chi connectivity index (χ1v) is 6.27. The molecule has 0 fully saturated rings. The Morgan fingerprint density at radius 3 is 2.37 bits per heavy atom. The molecular formula is C16H17NO2. The maximum atomic E-state index is 11.9. The third-order valence-corrected chi connectivity index (χ3v) is 2.98. The molecular weight excluding hydrogens is 238 g/mol. The number of rotatable bonds is 4. The van der Waals surface area contributed by atoms with E-state index in [-0.39, 0.29) is 17.7 Å². The quantitative estimate of drug-likeness (QED) is 0.882. The first-order valence-electron chi connectivity index (χ1n) is 6.27. The third kappa shape index (κ3) is 3.85. The first-order chi connectivity index (χ1) is 9.15. The summed E-state index contributed by atoms with van der Waals surface area (Å²) in [4.78, 5) is 11.9. The van der Waals surface area contributed by atoms with Gasteiger partial charge < -0.3 is 10.4 Å². The summed E-state index contributed by atoms with van der Waals surface area (Å²) in [6.07, 6.45) is 0.317. The minimum atomic E-state index is -0.0259. The second-order valence-electron chi connectivity index (χ2n) is 4.54. The van der Waals surface area contributed by atoms with Crippen LogP contribution in [0.2, 0.25) is 0 Å². The molecule has 0 aromatic heterocycles. The number of carbonyl (C=O) groups excluding carboxylic acids is 1. The van der Waals surface area contributed by atoms with E-state index in [1.807, 2.05) is 37.3 Å². The van der Waals surface area contributed by atoms with Gasteiger partial charge in [0.25, 0.3) is 0 Å². The number of hydrogen-bond donors (Lipinski definition) is 2. The number of aromatic hydroxyl groups is 1. The predicted octanol–water partition coefficient (Wildman–Crippen LogP) is 2.81. The lowest BCUT2D eigenvalue weighted by atomic mass is 10.1. The summed E-state index contributed by atoms with van der Waals surface area (Å²) in [5.74, 6) is 0.184. The molecule has 1 atom stereocenters. The van der Waals surface area contributed by atoms with E-state index in [1.165, 1.54) is 0 Å². The summed E-state index contributed by atoms with van der Waals surface area (Å²) in [6, 6.07) is 16.5. The zero-order valence-electron chi connectivity index (χ0n) is 10.8. The summed E-state index contributed by atoms with van der Waals surface area (Å²) in [5.41, 5.74) is 1.97. The SMILES string of the molecule is CC(NC(=O)Cc1ccc(O)cc1)c1ccccc1. The highest BCUT2D eigenvalue weighted by Crippen LogP contribution is 2.13. The van der Waals surface area contributed by atoms with Crippen LogP contribution >= 0.6 is 0 Å². The van der Waals surface area contributed by atoms with Gasteiger partial charge >= 0.3 is 0 Å². The van der Waals surface area contributed by atoms with Gasteiger partial charge in [0.2, 0.25) is 5.91 Å². The summed E-state index contributed by atoms with van der Waals surface area (Å²) in [7, 11) is 0. The second kappa shape index (κ2) is 6.05. The Bertz CT molecular complexity index is 534. The standard InChI is InChI=1S/C16H17NO2/c1-12(14-5-3-2-4-6-14)17-16(19)11-13-7-9-15(18)10-8-13/h2-10,12,18H,11H2,1H3,(H,17,19). The minimum absolute atomic E-state index is 0.00850. The summed E-state index contributed by atoms with van der Waals surface area (Å²) in [5, 5.41) is 12.1. The highest BCUT2D eigenvalue weighted by Gasteiger charge is 2.09. The molecule has 98 valence electrons. The molecule has 1 unspecified atom stereocenters. The average molecular weight is 255 g/mol. The molecule has 2 aromatic carbocycles. The minimum Gasteiger partial charge on any atom is -0.508 e. The molecule has 0 saturated heterocycles. The fraction of sp³-hybridized carbons (Fsp3) is 0.188. The van der Waals surface area contributed by atoms with Gasteiger partial charge in [-0.2, -0.15) is 0 Å². The fourth-order valence-corrected chi connectivity index (χ4v) is 1.92. The average Bonchev–Trinajstić information content (AvgIpc) is 2.42. The first kappa shape index (κ1) is 13.1. The normalized spacial score (nSPS) is 11.8. The van der Waals surface area contributed by atoms with Crippen molar-refractivity contribution < 1.29 is 9.90 Å². The highest BCUT2D eigenvalue weighted by molar-refractivity contribution is 5.79. The van der Waals surface area contributed by atoms with Crippen molar-refractivity contribution in [2.24, 2.45) is 0 Å². The molecule has 2 rings (SSSR count). The molecule has 0 saturated carbocycles. The lowest BCUT2D eigenvalue weighted by Crippen LogP contribution is -2.28. The monoisotopic (exact) mass is 255 g/mol. The molecule has 0 aliphatic rings. The Kier molecular flexibility index (Phi) is 4.18. The van der Waals surface area contributed by atoms with Crippen LogP contribution in [0.4, 0.5) is 0 Å². The van der Waals surface area contributed by atoms with Crippen molar-refractivity contribution in [2.45, 2.75) is 19.4 Å². The molecule has 0 aliphatic carbocycles. The van der Waals surface area contributed by atoms with E-state index in [1.54, 1.807) is 24.3 Å². The van der Waals surface area contributed by atoms with Crippen LogP contribution in [0, 0.1) is 0 Å². The summed E-state index contributed by atoms with van der Waals surface area (Å²) >= 11 is 0. The van der Waals surface area contributed by atoms with Gasteiger partial charge in [-0.3, -0.25) is 4.79 Å². The van der Waals surface area contributed by atoms with E-state index in [0.717, 1.165) is 11.1 Å². The Balaban J connectivity index is 1.93. The number of carbonyl (C=O) groups is 1. The molecule has 3 heteroatoms. The lowest BCUT2D eigenvalue weighted by molar-refractivity contribution is -0.121. The van der Waals surface area contributed by atoms with Crippen LogP contribution in [0.1, 0.15) is 24.1 Å². The molecule has 2 aromatic rings. The number of phenols is 1. The van der Waals surface area contributed by atoms with Gasteiger partial charge in [-0.05, 0) is 30.2 Å². The number of nitrogens with one attached hydrogen (secondary N) is 1. The Labute approximate surface area is 112 Å². The van der Waals surface area contributed by atoms with Crippen molar-refractivity contribution in [3.63, 3.8) is 0 Å². The van der Waals surface area contributed by atoms with Gasteiger partial charge in [0.05, 0.1) is 12.5 Å². The van der Waals surface area contributed by atoms with Crippen molar-refractivity contribution >= 4 is 5.91 Å². The van der Waals surface area contributed by atoms with Crippen molar-refractivity contribution in [1.82, 2.24) is 5.32 Å². The van der Waals surface area contributed by atoms with E-state index >= 15 is 0 Å². The van der Waals surface area contributed by atoms with E-state index < -0.39 is 0 Å². The maximum Gasteiger partial charge on any atom is 0.224 e. The Morgan fingerprint density at radius 2 is 1.74 bits per heavy atom. The molecule has 0 heterocycles. The number of phenolic OH excluding ortho intramolecular Hbond substituents is 1. The van der Waals surface area contributed by atoms with Crippen molar-refractivity contribution in [2.75, 3.05) is 0 Å². The molecule has 0 aliphatic heterocycles. The fourth-order valence-electron chi connectivity index (χ4n) is 1.92. The lowest BCUT2D eigenvalue weighted by Gasteiger charge is -2.14. The zero-order chi connectivity index (χ0) is 13.7. The van der Waals surface area contributed by atoms with Crippen LogP contribution < -0.4 is 5.32 Å². The van der Waals surface area contributed by atoms with Crippen LogP contribution in [0.3, 0.4) is 0 Å². The van der Waals surface area contributed by atoms with Crippen LogP contribution in [0.5, 0.6) is 5.75 Å². The Morgan fingerprint density at radius 1 is 1.11 bits per heavy atom. The number of hydrogen-bond acceptors (Lipinski definition) is 2. The van der Waals surface area contributed by atoms with Gasteiger partial charge in [0.1, 0.15) is 5.75 Å². The van der Waals surface area contributed by atoms with Gasteiger partial charge in [-0.15, -0.1) is 0 Å². The van der Waals surface area contributed by atoms with Crippen LogP contribution in [0.15, 0.2) is 54.6 Å². The smallest absolute Gasteiger partial charge is 0.224 e. The summed E-state index contributed by atoms with van der Waals surface area (Å²) in [6.45, 7) is 1.96. The molecule has 1 amide bonds. The molecule has 0 bridgehead atoms. The highest BCUT2D eigenvalue weighted by atomic mass is 16.3. The zero-order valence-corrected chi connectivity index (χ0v) is 10.8. The van der Waals surface area contributed by atoms with Crippen molar-refractivity contribution in [3.05, 3.63) is 65.7 Å².